The third-order valence-corrected chi connectivity index (χ3v) is 5.65. The molecule has 0 radical (unpaired) electrons. The van der Waals surface area contributed by atoms with E-state index in [1.54, 1.807) is 0 Å². The molecular formula is C22H28N2. The molecule has 0 unspecified atom stereocenters. The summed E-state index contributed by atoms with van der Waals surface area (Å²) in [5, 5.41) is 0. The van der Waals surface area contributed by atoms with E-state index < -0.39 is 0 Å². The molecule has 1 aliphatic carbocycles. The summed E-state index contributed by atoms with van der Waals surface area (Å²) in [7, 11) is 0. The number of rotatable bonds is 5. The van der Waals surface area contributed by atoms with Crippen molar-refractivity contribution in [2.45, 2.75) is 32.2 Å². The fourth-order valence-electron chi connectivity index (χ4n) is 4.35. The molecule has 1 heterocycles. The number of piperazine rings is 1. The Balaban J connectivity index is 1.51. The lowest BCUT2D eigenvalue weighted by Crippen LogP contribution is -2.47. The van der Waals surface area contributed by atoms with Crippen LogP contribution in [0.4, 0.5) is 0 Å². The molecule has 2 aliphatic rings. The zero-order valence-electron chi connectivity index (χ0n) is 14.7. The highest BCUT2D eigenvalue weighted by Gasteiger charge is 2.33. The van der Waals surface area contributed by atoms with Gasteiger partial charge in [-0.05, 0) is 35.2 Å². The maximum atomic E-state index is 2.70. The summed E-state index contributed by atoms with van der Waals surface area (Å²) in [5.41, 5.74) is 5.86. The van der Waals surface area contributed by atoms with E-state index in [0.717, 1.165) is 0 Å². The molecule has 0 spiro atoms. The predicted octanol–water partition coefficient (Wildman–Crippen LogP) is 4.56. The summed E-state index contributed by atoms with van der Waals surface area (Å²) in [6.07, 6.45) is 4.03. The minimum absolute atomic E-state index is 0.454. The fraction of sp³-hybridized carbons (Fsp3) is 0.455. The first-order chi connectivity index (χ1) is 11.9. The predicted molar refractivity (Wildman–Crippen MR) is 101 cm³/mol. The molecule has 2 aromatic rings. The Hall–Kier alpha value is -1.64. The largest absolute Gasteiger partial charge is 0.301 e. The van der Waals surface area contributed by atoms with E-state index in [9.17, 15) is 0 Å². The number of hydrogen-bond donors (Lipinski definition) is 0. The van der Waals surface area contributed by atoms with Gasteiger partial charge in [0.15, 0.2) is 0 Å². The van der Waals surface area contributed by atoms with Crippen molar-refractivity contribution in [3.8, 4) is 11.1 Å². The Morgan fingerprint density at radius 2 is 1.38 bits per heavy atom. The van der Waals surface area contributed by atoms with Gasteiger partial charge in [0.1, 0.15) is 0 Å². The zero-order chi connectivity index (χ0) is 16.4. The van der Waals surface area contributed by atoms with Gasteiger partial charge >= 0.3 is 0 Å². The second-order valence-electron chi connectivity index (χ2n) is 7.16. The standard InChI is InChI=1S/C22H28N2/c1-2-3-8-13-23-14-16-24(17-15-23)22-20-11-6-4-9-18(20)19-10-5-7-12-21(19)22/h4-7,9-12,22H,2-3,8,13-17H2,1H3. The van der Waals surface area contributed by atoms with Crippen molar-refractivity contribution in [3.63, 3.8) is 0 Å². The van der Waals surface area contributed by atoms with Crippen molar-refractivity contribution in [2.75, 3.05) is 32.7 Å². The van der Waals surface area contributed by atoms with Gasteiger partial charge in [0.2, 0.25) is 0 Å². The van der Waals surface area contributed by atoms with E-state index in [1.807, 2.05) is 0 Å². The van der Waals surface area contributed by atoms with E-state index in [4.69, 9.17) is 0 Å². The normalized spacial score (nSPS) is 18.5. The first-order valence-electron chi connectivity index (χ1n) is 9.53. The lowest BCUT2D eigenvalue weighted by molar-refractivity contribution is 0.109. The van der Waals surface area contributed by atoms with Crippen molar-refractivity contribution in [1.82, 2.24) is 9.80 Å². The van der Waals surface area contributed by atoms with Gasteiger partial charge in [-0.2, -0.15) is 0 Å². The number of fused-ring (bicyclic) bond motifs is 3. The molecule has 24 heavy (non-hydrogen) atoms. The van der Waals surface area contributed by atoms with Crippen molar-refractivity contribution in [3.05, 3.63) is 59.7 Å². The Labute approximate surface area is 146 Å². The van der Waals surface area contributed by atoms with Crippen LogP contribution in [-0.2, 0) is 0 Å². The van der Waals surface area contributed by atoms with E-state index in [2.05, 4.69) is 65.3 Å². The van der Waals surface area contributed by atoms with Crippen molar-refractivity contribution in [2.24, 2.45) is 0 Å². The Bertz CT molecular complexity index is 640. The average molecular weight is 320 g/mol. The molecule has 2 heteroatoms. The lowest BCUT2D eigenvalue weighted by atomic mass is 10.0. The fourth-order valence-corrected chi connectivity index (χ4v) is 4.35. The average Bonchev–Trinajstić information content (AvgIpc) is 2.97. The van der Waals surface area contributed by atoms with Crippen LogP contribution < -0.4 is 0 Å². The highest BCUT2D eigenvalue weighted by Crippen LogP contribution is 2.46. The number of hydrogen-bond acceptors (Lipinski definition) is 2. The van der Waals surface area contributed by atoms with Crippen LogP contribution >= 0.6 is 0 Å². The second-order valence-corrected chi connectivity index (χ2v) is 7.16. The molecular weight excluding hydrogens is 292 g/mol. The lowest BCUT2D eigenvalue weighted by Gasteiger charge is -2.38. The molecule has 2 aromatic carbocycles. The van der Waals surface area contributed by atoms with Crippen LogP contribution in [0, 0.1) is 0 Å². The van der Waals surface area contributed by atoms with Gasteiger partial charge < -0.3 is 4.90 Å². The minimum atomic E-state index is 0.454. The van der Waals surface area contributed by atoms with Crippen LogP contribution in [-0.4, -0.2) is 42.5 Å². The van der Waals surface area contributed by atoms with Crippen molar-refractivity contribution < 1.29 is 0 Å². The Morgan fingerprint density at radius 3 is 1.96 bits per heavy atom. The van der Waals surface area contributed by atoms with Gasteiger partial charge in [-0.25, -0.2) is 0 Å². The minimum Gasteiger partial charge on any atom is -0.301 e. The van der Waals surface area contributed by atoms with Crippen LogP contribution in [0.25, 0.3) is 11.1 Å². The molecule has 1 fully saturated rings. The molecule has 0 bridgehead atoms. The molecule has 4 rings (SSSR count). The maximum Gasteiger partial charge on any atom is 0.0614 e. The number of benzene rings is 2. The third kappa shape index (κ3) is 2.89. The van der Waals surface area contributed by atoms with Crippen LogP contribution in [0.1, 0.15) is 43.4 Å². The van der Waals surface area contributed by atoms with Gasteiger partial charge in [0.25, 0.3) is 0 Å². The summed E-state index contributed by atoms with van der Waals surface area (Å²) < 4.78 is 0. The van der Waals surface area contributed by atoms with E-state index in [1.165, 1.54) is 74.2 Å². The van der Waals surface area contributed by atoms with E-state index in [-0.39, 0.29) is 0 Å². The SMILES string of the molecule is CCCCCN1CCN(C2c3ccccc3-c3ccccc32)CC1. The highest BCUT2D eigenvalue weighted by atomic mass is 15.3. The van der Waals surface area contributed by atoms with Crippen LogP contribution in [0.3, 0.4) is 0 Å². The molecule has 0 aromatic heterocycles. The van der Waals surface area contributed by atoms with E-state index >= 15 is 0 Å². The van der Waals surface area contributed by atoms with Crippen LogP contribution in [0.2, 0.25) is 0 Å². The quantitative estimate of drug-likeness (QED) is 0.745. The monoisotopic (exact) mass is 320 g/mol. The highest BCUT2D eigenvalue weighted by molar-refractivity contribution is 5.78. The maximum absolute atomic E-state index is 2.70. The molecule has 2 nitrogen and oxygen atoms in total. The molecule has 0 atom stereocenters. The first-order valence-corrected chi connectivity index (χ1v) is 9.53. The summed E-state index contributed by atoms with van der Waals surface area (Å²) in [6.45, 7) is 8.35. The van der Waals surface area contributed by atoms with Gasteiger partial charge in [0.05, 0.1) is 6.04 Å². The Morgan fingerprint density at radius 1 is 0.792 bits per heavy atom. The smallest absolute Gasteiger partial charge is 0.0614 e. The molecule has 0 amide bonds. The zero-order valence-corrected chi connectivity index (χ0v) is 14.7. The number of unbranched alkanes of at least 4 members (excludes halogenated alkanes) is 2. The van der Waals surface area contributed by atoms with Gasteiger partial charge in [0, 0.05) is 26.2 Å². The topological polar surface area (TPSA) is 6.48 Å². The number of nitrogens with zero attached hydrogens (tertiary/aromatic N) is 2. The summed E-state index contributed by atoms with van der Waals surface area (Å²) in [6, 6.07) is 18.4. The van der Waals surface area contributed by atoms with Gasteiger partial charge in [-0.15, -0.1) is 0 Å². The summed E-state index contributed by atoms with van der Waals surface area (Å²) in [5.74, 6) is 0. The van der Waals surface area contributed by atoms with Crippen molar-refractivity contribution >= 4 is 0 Å². The third-order valence-electron chi connectivity index (χ3n) is 5.65. The molecule has 1 aliphatic heterocycles. The molecule has 126 valence electrons. The molecule has 0 saturated carbocycles. The molecule has 1 saturated heterocycles. The van der Waals surface area contributed by atoms with Crippen LogP contribution in [0.5, 0.6) is 0 Å². The summed E-state index contributed by atoms with van der Waals surface area (Å²) >= 11 is 0. The van der Waals surface area contributed by atoms with E-state index in [0.29, 0.717) is 6.04 Å². The van der Waals surface area contributed by atoms with Gasteiger partial charge in [-0.3, -0.25) is 4.90 Å². The summed E-state index contributed by atoms with van der Waals surface area (Å²) in [4.78, 5) is 5.35. The first kappa shape index (κ1) is 15.9. The van der Waals surface area contributed by atoms with Gasteiger partial charge in [-0.1, -0.05) is 68.3 Å². The second kappa shape index (κ2) is 7.08. The molecule has 0 N–H and O–H groups in total. The van der Waals surface area contributed by atoms with Crippen molar-refractivity contribution in [1.29, 1.82) is 0 Å². The van der Waals surface area contributed by atoms with Crippen LogP contribution in [0.15, 0.2) is 48.5 Å². The Kier molecular flexibility index (Phi) is 4.68.